The van der Waals surface area contributed by atoms with E-state index in [1.807, 2.05) is 0 Å². The Kier molecular flexibility index (Phi) is 2.40. The molecule has 2 saturated carbocycles. The number of hydrogen-bond donors (Lipinski definition) is 1. The molecule has 0 aromatic heterocycles. The summed E-state index contributed by atoms with van der Waals surface area (Å²) < 4.78 is 0. The van der Waals surface area contributed by atoms with Crippen LogP contribution in [0.4, 0.5) is 0 Å². The maximum atomic E-state index is 6.04. The first kappa shape index (κ1) is 8.55. The normalized spacial score (nSPS) is 44.0. The Bertz CT molecular complexity index is 149. The molecule has 3 unspecified atom stereocenters. The predicted molar refractivity (Wildman–Crippen MR) is 51.8 cm³/mol. The largest absolute Gasteiger partial charge is 0.327 e. The molecule has 2 rings (SSSR count). The van der Waals surface area contributed by atoms with Gasteiger partial charge in [0.15, 0.2) is 0 Å². The van der Waals surface area contributed by atoms with E-state index in [1.165, 1.54) is 38.5 Å². The highest BCUT2D eigenvalue weighted by Crippen LogP contribution is 2.42. The fourth-order valence-corrected chi connectivity index (χ4v) is 3.28. The molecule has 0 heterocycles. The first-order valence-electron chi connectivity index (χ1n) is 5.54. The second-order valence-corrected chi connectivity index (χ2v) is 4.81. The van der Waals surface area contributed by atoms with Crippen LogP contribution >= 0.6 is 0 Å². The zero-order valence-electron chi connectivity index (χ0n) is 8.13. The maximum absolute atomic E-state index is 6.04. The van der Waals surface area contributed by atoms with Gasteiger partial charge >= 0.3 is 0 Å². The molecule has 1 nitrogen and oxygen atoms in total. The van der Waals surface area contributed by atoms with Crippen molar-refractivity contribution in [3.8, 4) is 0 Å². The van der Waals surface area contributed by atoms with Crippen LogP contribution in [0.25, 0.3) is 0 Å². The van der Waals surface area contributed by atoms with Crippen LogP contribution in [-0.2, 0) is 0 Å². The Labute approximate surface area is 75.7 Å². The van der Waals surface area contributed by atoms with Crippen molar-refractivity contribution in [2.45, 2.75) is 51.5 Å². The molecule has 70 valence electrons. The molecule has 1 heteroatoms. The Morgan fingerprint density at radius 2 is 1.67 bits per heavy atom. The van der Waals surface area contributed by atoms with Crippen molar-refractivity contribution in [2.75, 3.05) is 0 Å². The van der Waals surface area contributed by atoms with Crippen molar-refractivity contribution < 1.29 is 0 Å². The van der Waals surface area contributed by atoms with Crippen LogP contribution in [0.2, 0.25) is 0 Å². The van der Waals surface area contributed by atoms with Gasteiger partial charge in [0.2, 0.25) is 0 Å². The number of rotatable bonds is 1. The molecule has 2 aliphatic rings. The molecule has 0 aromatic carbocycles. The summed E-state index contributed by atoms with van der Waals surface area (Å²) in [7, 11) is 0. The lowest BCUT2D eigenvalue weighted by molar-refractivity contribution is 0.270. The minimum atomic E-state index is 0.510. The molecular weight excluding hydrogens is 146 g/mol. The summed E-state index contributed by atoms with van der Waals surface area (Å²) in [6.07, 6.45) is 8.62. The first-order valence-corrected chi connectivity index (χ1v) is 5.54. The Balaban J connectivity index is 1.95. The van der Waals surface area contributed by atoms with Gasteiger partial charge in [-0.1, -0.05) is 32.6 Å². The van der Waals surface area contributed by atoms with Gasteiger partial charge < -0.3 is 5.73 Å². The first-order chi connectivity index (χ1) is 5.79. The topological polar surface area (TPSA) is 26.0 Å². The quantitative estimate of drug-likeness (QED) is 0.638. The van der Waals surface area contributed by atoms with Crippen LogP contribution in [-0.4, -0.2) is 6.04 Å². The maximum Gasteiger partial charge on any atom is 0.00673 e. The van der Waals surface area contributed by atoms with Crippen LogP contribution in [0.5, 0.6) is 0 Å². The van der Waals surface area contributed by atoms with E-state index in [-0.39, 0.29) is 0 Å². The lowest BCUT2D eigenvalue weighted by atomic mass is 9.83. The van der Waals surface area contributed by atoms with E-state index < -0.39 is 0 Å². The van der Waals surface area contributed by atoms with Crippen molar-refractivity contribution in [3.63, 3.8) is 0 Å². The highest BCUT2D eigenvalue weighted by atomic mass is 14.7. The third kappa shape index (κ3) is 1.39. The van der Waals surface area contributed by atoms with E-state index in [2.05, 4.69) is 6.92 Å². The molecule has 0 aliphatic heterocycles. The van der Waals surface area contributed by atoms with Gasteiger partial charge in [-0.2, -0.15) is 0 Å². The zero-order chi connectivity index (χ0) is 8.55. The molecule has 3 atom stereocenters. The van der Waals surface area contributed by atoms with Gasteiger partial charge in [0, 0.05) is 6.04 Å². The van der Waals surface area contributed by atoms with Crippen LogP contribution < -0.4 is 5.73 Å². The van der Waals surface area contributed by atoms with Gasteiger partial charge in [0.25, 0.3) is 0 Å². The van der Waals surface area contributed by atoms with Gasteiger partial charge in [0.05, 0.1) is 0 Å². The average Bonchev–Trinajstić information content (AvgIpc) is 2.64. The summed E-state index contributed by atoms with van der Waals surface area (Å²) in [5.74, 6) is 2.81. The van der Waals surface area contributed by atoms with Crippen LogP contribution in [0, 0.1) is 17.8 Å². The van der Waals surface area contributed by atoms with Gasteiger partial charge in [0.1, 0.15) is 0 Å². The SMILES string of the molecule is CC1C(N)CCC1C1CCCC1. The summed E-state index contributed by atoms with van der Waals surface area (Å²) in [6.45, 7) is 2.36. The highest BCUT2D eigenvalue weighted by molar-refractivity contribution is 4.89. The Morgan fingerprint density at radius 3 is 2.17 bits per heavy atom. The zero-order valence-corrected chi connectivity index (χ0v) is 8.13. The molecule has 0 amide bonds. The van der Waals surface area contributed by atoms with Crippen LogP contribution in [0.15, 0.2) is 0 Å². The molecule has 2 fully saturated rings. The van der Waals surface area contributed by atoms with E-state index >= 15 is 0 Å². The molecule has 0 radical (unpaired) electrons. The second kappa shape index (κ2) is 3.37. The van der Waals surface area contributed by atoms with Crippen molar-refractivity contribution in [1.29, 1.82) is 0 Å². The molecular formula is C11H21N. The standard InChI is InChI=1S/C11H21N/c1-8-10(6-7-11(8)12)9-4-2-3-5-9/h8-11H,2-7,12H2,1H3. The van der Waals surface area contributed by atoms with Crippen LogP contribution in [0.1, 0.15) is 45.4 Å². The van der Waals surface area contributed by atoms with E-state index in [0.717, 1.165) is 17.8 Å². The average molecular weight is 167 g/mol. The lowest BCUT2D eigenvalue weighted by Gasteiger charge is -2.23. The lowest BCUT2D eigenvalue weighted by Crippen LogP contribution is -2.27. The van der Waals surface area contributed by atoms with E-state index in [0.29, 0.717) is 6.04 Å². The monoisotopic (exact) mass is 167 g/mol. The molecule has 2 N–H and O–H groups in total. The molecule has 0 spiro atoms. The Morgan fingerprint density at radius 1 is 1.00 bits per heavy atom. The molecule has 0 saturated heterocycles. The summed E-state index contributed by atoms with van der Waals surface area (Å²) in [5.41, 5.74) is 6.04. The fraction of sp³-hybridized carbons (Fsp3) is 1.00. The number of hydrogen-bond acceptors (Lipinski definition) is 1. The highest BCUT2D eigenvalue weighted by Gasteiger charge is 2.36. The van der Waals surface area contributed by atoms with Crippen molar-refractivity contribution in [2.24, 2.45) is 23.5 Å². The molecule has 0 bridgehead atoms. The summed E-state index contributed by atoms with van der Waals surface area (Å²) in [4.78, 5) is 0. The van der Waals surface area contributed by atoms with Crippen LogP contribution in [0.3, 0.4) is 0 Å². The summed E-state index contributed by atoms with van der Waals surface area (Å²) in [6, 6.07) is 0.510. The molecule has 0 aromatic rings. The van der Waals surface area contributed by atoms with Gasteiger partial charge in [-0.15, -0.1) is 0 Å². The number of nitrogens with two attached hydrogens (primary N) is 1. The molecule has 12 heavy (non-hydrogen) atoms. The van der Waals surface area contributed by atoms with E-state index in [9.17, 15) is 0 Å². The fourth-order valence-electron chi connectivity index (χ4n) is 3.28. The third-order valence-electron chi connectivity index (χ3n) is 4.19. The Hall–Kier alpha value is -0.0400. The second-order valence-electron chi connectivity index (χ2n) is 4.81. The van der Waals surface area contributed by atoms with E-state index in [1.54, 1.807) is 0 Å². The van der Waals surface area contributed by atoms with Gasteiger partial charge in [-0.05, 0) is 30.6 Å². The van der Waals surface area contributed by atoms with E-state index in [4.69, 9.17) is 5.73 Å². The smallest absolute Gasteiger partial charge is 0.00673 e. The summed E-state index contributed by atoms with van der Waals surface area (Å²) >= 11 is 0. The van der Waals surface area contributed by atoms with Crippen molar-refractivity contribution in [3.05, 3.63) is 0 Å². The molecule has 2 aliphatic carbocycles. The minimum absolute atomic E-state index is 0.510. The minimum Gasteiger partial charge on any atom is -0.327 e. The van der Waals surface area contributed by atoms with Gasteiger partial charge in [-0.25, -0.2) is 0 Å². The predicted octanol–water partition coefficient (Wildman–Crippen LogP) is 2.55. The van der Waals surface area contributed by atoms with Crippen molar-refractivity contribution >= 4 is 0 Å². The third-order valence-corrected chi connectivity index (χ3v) is 4.19. The van der Waals surface area contributed by atoms with Gasteiger partial charge in [-0.3, -0.25) is 0 Å². The summed E-state index contributed by atoms with van der Waals surface area (Å²) in [5, 5.41) is 0. The van der Waals surface area contributed by atoms with Crippen molar-refractivity contribution in [1.82, 2.24) is 0 Å².